The number of esters is 1. The Morgan fingerprint density at radius 1 is 1.11 bits per heavy atom. The van der Waals surface area contributed by atoms with E-state index in [1.807, 2.05) is 43.3 Å². The van der Waals surface area contributed by atoms with Crippen molar-refractivity contribution < 1.29 is 14.3 Å². The SMILES string of the molecule is COC(=O)c1cc(C)ccc1OCc1ccccc1. The topological polar surface area (TPSA) is 35.5 Å². The van der Waals surface area contributed by atoms with Gasteiger partial charge in [-0.3, -0.25) is 0 Å². The Kier molecular flexibility index (Phi) is 4.18. The molecule has 2 aromatic carbocycles. The van der Waals surface area contributed by atoms with Crippen LogP contribution in [0.1, 0.15) is 21.5 Å². The van der Waals surface area contributed by atoms with Gasteiger partial charge >= 0.3 is 5.97 Å². The Labute approximate surface area is 112 Å². The first kappa shape index (κ1) is 13.1. The molecule has 0 bridgehead atoms. The number of carbonyl (C=O) groups is 1. The summed E-state index contributed by atoms with van der Waals surface area (Å²) in [6, 6.07) is 15.3. The molecule has 98 valence electrons. The first-order chi connectivity index (χ1) is 9.20. The second kappa shape index (κ2) is 6.05. The van der Waals surface area contributed by atoms with E-state index < -0.39 is 0 Å². The average Bonchev–Trinajstić information content (AvgIpc) is 2.46. The van der Waals surface area contributed by atoms with Crippen LogP contribution >= 0.6 is 0 Å². The summed E-state index contributed by atoms with van der Waals surface area (Å²) >= 11 is 0. The summed E-state index contributed by atoms with van der Waals surface area (Å²) in [5.41, 5.74) is 2.50. The minimum absolute atomic E-state index is 0.383. The third-order valence-corrected chi connectivity index (χ3v) is 2.78. The Bertz CT molecular complexity index is 561. The van der Waals surface area contributed by atoms with Gasteiger partial charge in [0.25, 0.3) is 0 Å². The standard InChI is InChI=1S/C16H16O3/c1-12-8-9-15(14(10-12)16(17)18-2)19-11-13-6-4-3-5-7-13/h3-10H,11H2,1-2H3. The molecule has 2 aromatic rings. The Morgan fingerprint density at radius 3 is 2.53 bits per heavy atom. The molecule has 0 spiro atoms. The maximum Gasteiger partial charge on any atom is 0.341 e. The number of benzene rings is 2. The van der Waals surface area contributed by atoms with Gasteiger partial charge < -0.3 is 9.47 Å². The van der Waals surface area contributed by atoms with Crippen LogP contribution < -0.4 is 4.74 Å². The molecule has 0 fully saturated rings. The van der Waals surface area contributed by atoms with E-state index in [-0.39, 0.29) is 5.97 Å². The molecule has 3 nitrogen and oxygen atoms in total. The number of aryl methyl sites for hydroxylation is 1. The smallest absolute Gasteiger partial charge is 0.341 e. The zero-order chi connectivity index (χ0) is 13.7. The van der Waals surface area contributed by atoms with Crippen LogP contribution in [-0.2, 0) is 11.3 Å². The van der Waals surface area contributed by atoms with Gasteiger partial charge in [-0.1, -0.05) is 42.0 Å². The lowest BCUT2D eigenvalue weighted by molar-refractivity contribution is 0.0595. The molecule has 0 saturated heterocycles. The number of ether oxygens (including phenoxy) is 2. The summed E-state index contributed by atoms with van der Waals surface area (Å²) in [7, 11) is 1.37. The molecule has 0 saturated carbocycles. The Balaban J connectivity index is 2.18. The van der Waals surface area contributed by atoms with E-state index in [9.17, 15) is 4.79 Å². The molecule has 0 aromatic heterocycles. The van der Waals surface area contributed by atoms with Gasteiger partial charge in [-0.25, -0.2) is 4.79 Å². The van der Waals surface area contributed by atoms with Crippen LogP contribution in [-0.4, -0.2) is 13.1 Å². The maximum atomic E-state index is 11.7. The summed E-state index contributed by atoms with van der Waals surface area (Å²) in [6.07, 6.45) is 0. The number of carbonyl (C=O) groups excluding carboxylic acids is 1. The Hall–Kier alpha value is -2.29. The lowest BCUT2D eigenvalue weighted by Gasteiger charge is -2.11. The summed E-state index contributed by atoms with van der Waals surface area (Å²) < 4.78 is 10.5. The van der Waals surface area contributed by atoms with Crippen LogP contribution in [0, 0.1) is 6.92 Å². The normalized spacial score (nSPS) is 10.0. The second-order valence-electron chi connectivity index (χ2n) is 4.27. The quantitative estimate of drug-likeness (QED) is 0.787. The fourth-order valence-corrected chi connectivity index (χ4v) is 1.77. The highest BCUT2D eigenvalue weighted by Crippen LogP contribution is 2.22. The van der Waals surface area contributed by atoms with Crippen molar-refractivity contribution in [3.8, 4) is 5.75 Å². The van der Waals surface area contributed by atoms with Gasteiger partial charge in [0, 0.05) is 0 Å². The molecular weight excluding hydrogens is 240 g/mol. The minimum atomic E-state index is -0.383. The molecule has 3 heteroatoms. The van der Waals surface area contributed by atoms with Gasteiger partial charge in [0.15, 0.2) is 0 Å². The predicted octanol–water partition coefficient (Wildman–Crippen LogP) is 3.36. The van der Waals surface area contributed by atoms with Gasteiger partial charge in [0.1, 0.15) is 17.9 Å². The first-order valence-electron chi connectivity index (χ1n) is 6.06. The van der Waals surface area contributed by atoms with E-state index in [4.69, 9.17) is 9.47 Å². The molecule has 0 radical (unpaired) electrons. The van der Waals surface area contributed by atoms with Crippen molar-refractivity contribution in [2.75, 3.05) is 7.11 Å². The zero-order valence-corrected chi connectivity index (χ0v) is 11.1. The van der Waals surface area contributed by atoms with Crippen LogP contribution in [0.25, 0.3) is 0 Å². The largest absolute Gasteiger partial charge is 0.488 e. The van der Waals surface area contributed by atoms with Gasteiger partial charge in [0.05, 0.1) is 7.11 Å². The fourth-order valence-electron chi connectivity index (χ4n) is 1.77. The summed E-state index contributed by atoms with van der Waals surface area (Å²) in [5.74, 6) is 0.160. The molecule has 0 unspecified atom stereocenters. The number of hydrogen-bond donors (Lipinski definition) is 0. The molecule has 0 aliphatic heterocycles. The molecule has 0 amide bonds. The van der Waals surface area contributed by atoms with Crippen molar-refractivity contribution in [1.29, 1.82) is 0 Å². The zero-order valence-electron chi connectivity index (χ0n) is 11.1. The van der Waals surface area contributed by atoms with Crippen molar-refractivity contribution in [2.24, 2.45) is 0 Å². The van der Waals surface area contributed by atoms with E-state index in [0.717, 1.165) is 11.1 Å². The molecule has 0 heterocycles. The molecule has 2 rings (SSSR count). The number of rotatable bonds is 4. The summed E-state index contributed by atoms with van der Waals surface area (Å²) in [6.45, 7) is 2.35. The second-order valence-corrected chi connectivity index (χ2v) is 4.27. The number of methoxy groups -OCH3 is 1. The third kappa shape index (κ3) is 3.35. The van der Waals surface area contributed by atoms with E-state index >= 15 is 0 Å². The highest BCUT2D eigenvalue weighted by Gasteiger charge is 2.13. The van der Waals surface area contributed by atoms with E-state index in [1.165, 1.54) is 7.11 Å². The highest BCUT2D eigenvalue weighted by atomic mass is 16.5. The van der Waals surface area contributed by atoms with Crippen LogP contribution in [0.3, 0.4) is 0 Å². The molecule has 0 atom stereocenters. The lowest BCUT2D eigenvalue weighted by atomic mass is 10.1. The van der Waals surface area contributed by atoms with E-state index in [1.54, 1.807) is 12.1 Å². The van der Waals surface area contributed by atoms with Crippen LogP contribution in [0.15, 0.2) is 48.5 Å². The van der Waals surface area contributed by atoms with Crippen molar-refractivity contribution in [1.82, 2.24) is 0 Å². The van der Waals surface area contributed by atoms with Crippen molar-refractivity contribution in [3.05, 3.63) is 65.2 Å². The van der Waals surface area contributed by atoms with Crippen LogP contribution in [0.2, 0.25) is 0 Å². The van der Waals surface area contributed by atoms with Crippen LogP contribution in [0.5, 0.6) is 5.75 Å². The van der Waals surface area contributed by atoms with Crippen molar-refractivity contribution in [3.63, 3.8) is 0 Å². The number of hydrogen-bond acceptors (Lipinski definition) is 3. The molecule has 0 N–H and O–H groups in total. The van der Waals surface area contributed by atoms with Crippen molar-refractivity contribution >= 4 is 5.97 Å². The average molecular weight is 256 g/mol. The van der Waals surface area contributed by atoms with Gasteiger partial charge in [0.2, 0.25) is 0 Å². The monoisotopic (exact) mass is 256 g/mol. The highest BCUT2D eigenvalue weighted by molar-refractivity contribution is 5.92. The lowest BCUT2D eigenvalue weighted by Crippen LogP contribution is -2.06. The first-order valence-corrected chi connectivity index (χ1v) is 6.06. The molecule has 0 aliphatic rings. The molecular formula is C16H16O3. The minimum Gasteiger partial charge on any atom is -0.488 e. The van der Waals surface area contributed by atoms with Crippen molar-refractivity contribution in [2.45, 2.75) is 13.5 Å². The third-order valence-electron chi connectivity index (χ3n) is 2.78. The van der Waals surface area contributed by atoms with E-state index in [0.29, 0.717) is 17.9 Å². The summed E-state index contributed by atoms with van der Waals surface area (Å²) in [4.78, 5) is 11.7. The maximum absolute atomic E-state index is 11.7. The van der Waals surface area contributed by atoms with Gasteiger partial charge in [-0.05, 0) is 24.6 Å². The Morgan fingerprint density at radius 2 is 1.84 bits per heavy atom. The van der Waals surface area contributed by atoms with E-state index in [2.05, 4.69) is 0 Å². The molecule has 19 heavy (non-hydrogen) atoms. The van der Waals surface area contributed by atoms with Gasteiger partial charge in [-0.15, -0.1) is 0 Å². The van der Waals surface area contributed by atoms with Crippen LogP contribution in [0.4, 0.5) is 0 Å². The molecule has 0 aliphatic carbocycles. The van der Waals surface area contributed by atoms with Gasteiger partial charge in [-0.2, -0.15) is 0 Å². The summed E-state index contributed by atoms with van der Waals surface area (Å²) in [5, 5.41) is 0. The fraction of sp³-hybridized carbons (Fsp3) is 0.188. The predicted molar refractivity (Wildman–Crippen MR) is 73.3 cm³/mol.